The summed E-state index contributed by atoms with van der Waals surface area (Å²) in [4.78, 5) is 11.6. The highest BCUT2D eigenvalue weighted by atomic mass is 79.9. The second-order valence-electron chi connectivity index (χ2n) is 5.04. The Morgan fingerprint density at radius 3 is 2.56 bits per heavy atom. The molecule has 0 saturated carbocycles. The fraction of sp³-hybridized carbons (Fsp3) is 0.462. The first-order valence-electron chi connectivity index (χ1n) is 5.63. The van der Waals surface area contributed by atoms with Crippen LogP contribution in [0.15, 0.2) is 22.7 Å². The van der Waals surface area contributed by atoms with Gasteiger partial charge in [-0.2, -0.15) is 0 Å². The minimum atomic E-state index is -0.535. The summed E-state index contributed by atoms with van der Waals surface area (Å²) in [7, 11) is 0. The first kappa shape index (κ1) is 15.0. The van der Waals surface area contributed by atoms with Crippen molar-refractivity contribution < 1.29 is 13.9 Å². The summed E-state index contributed by atoms with van der Waals surface area (Å²) in [6.45, 7) is 7.20. The summed E-state index contributed by atoms with van der Waals surface area (Å²) >= 11 is 3.11. The maximum absolute atomic E-state index is 13.1. The molecule has 18 heavy (non-hydrogen) atoms. The lowest BCUT2D eigenvalue weighted by Crippen LogP contribution is -2.34. The van der Waals surface area contributed by atoms with Gasteiger partial charge in [0.25, 0.3) is 0 Å². The molecule has 0 aliphatic rings. The van der Waals surface area contributed by atoms with Crippen molar-refractivity contribution in [2.45, 2.75) is 39.3 Å². The summed E-state index contributed by atoms with van der Waals surface area (Å²) in [5, 5.41) is 2.69. The Bertz CT molecular complexity index is 443. The summed E-state index contributed by atoms with van der Waals surface area (Å²) in [6, 6.07) is 4.36. The Hall–Kier alpha value is -1.10. The van der Waals surface area contributed by atoms with Crippen LogP contribution >= 0.6 is 15.9 Å². The van der Waals surface area contributed by atoms with Crippen molar-refractivity contribution in [2.24, 2.45) is 0 Å². The van der Waals surface area contributed by atoms with Crippen molar-refractivity contribution in [2.75, 3.05) is 0 Å². The predicted octanol–water partition coefficient (Wildman–Crippen LogP) is 4.17. The van der Waals surface area contributed by atoms with Crippen LogP contribution in [0.3, 0.4) is 0 Å². The lowest BCUT2D eigenvalue weighted by molar-refractivity contribution is 0.0508. The number of benzene rings is 1. The molecule has 0 spiro atoms. The third-order valence-corrected chi connectivity index (χ3v) is 2.78. The van der Waals surface area contributed by atoms with Gasteiger partial charge in [-0.3, -0.25) is 0 Å². The molecule has 1 N–H and O–H groups in total. The summed E-state index contributed by atoms with van der Waals surface area (Å²) < 4.78 is 18.6. The maximum Gasteiger partial charge on any atom is 0.408 e. The van der Waals surface area contributed by atoms with Gasteiger partial charge in [-0.15, -0.1) is 0 Å². The van der Waals surface area contributed by atoms with Gasteiger partial charge in [0, 0.05) is 0 Å². The number of hydrogen-bond acceptors (Lipinski definition) is 2. The highest BCUT2D eigenvalue weighted by molar-refractivity contribution is 9.10. The van der Waals surface area contributed by atoms with E-state index in [1.54, 1.807) is 32.9 Å². The molecular formula is C13H17BrFNO2. The number of ether oxygens (including phenoxy) is 1. The number of alkyl carbamates (subject to hydrolysis) is 1. The van der Waals surface area contributed by atoms with Crippen molar-refractivity contribution in [1.82, 2.24) is 5.32 Å². The van der Waals surface area contributed by atoms with E-state index >= 15 is 0 Å². The monoisotopic (exact) mass is 317 g/mol. The number of nitrogens with one attached hydrogen (secondary N) is 1. The van der Waals surface area contributed by atoms with Gasteiger partial charge in [-0.1, -0.05) is 6.07 Å². The Kier molecular flexibility index (Phi) is 4.73. The van der Waals surface area contributed by atoms with Crippen LogP contribution in [0.1, 0.15) is 39.3 Å². The standard InChI is InChI=1S/C13H17BrFNO2/c1-8(16-12(17)18-13(2,3)4)9-5-6-11(15)10(14)7-9/h5-8H,1-4H3,(H,16,17)/t8-/m0/s1. The summed E-state index contributed by atoms with van der Waals surface area (Å²) in [5.74, 6) is -0.330. The van der Waals surface area contributed by atoms with Crippen molar-refractivity contribution in [1.29, 1.82) is 0 Å². The van der Waals surface area contributed by atoms with Crippen molar-refractivity contribution in [3.8, 4) is 0 Å². The predicted molar refractivity (Wildman–Crippen MR) is 71.9 cm³/mol. The molecule has 0 saturated heterocycles. The van der Waals surface area contributed by atoms with Gasteiger partial charge >= 0.3 is 6.09 Å². The molecule has 0 heterocycles. The minimum Gasteiger partial charge on any atom is -0.444 e. The molecule has 0 aliphatic carbocycles. The highest BCUT2D eigenvalue weighted by Gasteiger charge is 2.18. The zero-order valence-electron chi connectivity index (χ0n) is 10.9. The van der Waals surface area contributed by atoms with Crippen LogP contribution in [0.25, 0.3) is 0 Å². The van der Waals surface area contributed by atoms with Crippen LogP contribution < -0.4 is 5.32 Å². The number of halogens is 2. The van der Waals surface area contributed by atoms with E-state index in [1.165, 1.54) is 6.07 Å². The van der Waals surface area contributed by atoms with E-state index in [-0.39, 0.29) is 11.9 Å². The molecule has 1 rings (SSSR count). The lowest BCUT2D eigenvalue weighted by atomic mass is 10.1. The molecule has 0 radical (unpaired) electrons. The van der Waals surface area contributed by atoms with Crippen molar-refractivity contribution >= 4 is 22.0 Å². The van der Waals surface area contributed by atoms with E-state index in [9.17, 15) is 9.18 Å². The fourth-order valence-electron chi connectivity index (χ4n) is 1.35. The third-order valence-electron chi connectivity index (χ3n) is 2.18. The van der Waals surface area contributed by atoms with Crippen LogP contribution in [0, 0.1) is 5.82 Å². The Morgan fingerprint density at radius 1 is 1.44 bits per heavy atom. The second-order valence-corrected chi connectivity index (χ2v) is 5.90. The number of rotatable bonds is 2. The summed E-state index contributed by atoms with van der Waals surface area (Å²) in [6.07, 6.45) is -0.490. The molecule has 0 unspecified atom stereocenters. The average Bonchev–Trinajstić information content (AvgIpc) is 2.18. The van der Waals surface area contributed by atoms with Gasteiger partial charge in [0.2, 0.25) is 0 Å². The topological polar surface area (TPSA) is 38.3 Å². The molecule has 3 nitrogen and oxygen atoms in total. The van der Waals surface area contributed by atoms with Gasteiger partial charge in [-0.05, 0) is 61.3 Å². The van der Waals surface area contributed by atoms with Gasteiger partial charge in [-0.25, -0.2) is 9.18 Å². The molecule has 0 aliphatic heterocycles. The van der Waals surface area contributed by atoms with Crippen molar-refractivity contribution in [3.05, 3.63) is 34.1 Å². The van der Waals surface area contributed by atoms with Gasteiger partial charge in [0.05, 0.1) is 10.5 Å². The Morgan fingerprint density at radius 2 is 2.06 bits per heavy atom. The Balaban J connectivity index is 2.68. The van der Waals surface area contributed by atoms with Crippen LogP contribution in [-0.4, -0.2) is 11.7 Å². The normalized spacial score (nSPS) is 13.0. The van der Waals surface area contributed by atoms with Crippen LogP contribution in [0.2, 0.25) is 0 Å². The third kappa shape index (κ3) is 4.64. The minimum absolute atomic E-state index is 0.253. The number of carbonyl (C=O) groups excluding carboxylic acids is 1. The van der Waals surface area contributed by atoms with Gasteiger partial charge < -0.3 is 10.1 Å². The van der Waals surface area contributed by atoms with Crippen LogP contribution in [0.5, 0.6) is 0 Å². The second kappa shape index (κ2) is 5.69. The molecule has 0 aromatic heterocycles. The molecule has 1 amide bonds. The van der Waals surface area contributed by atoms with E-state index in [2.05, 4.69) is 21.2 Å². The molecule has 1 aromatic rings. The maximum atomic E-state index is 13.1. The quantitative estimate of drug-likeness (QED) is 0.888. The van der Waals surface area contributed by atoms with E-state index in [0.717, 1.165) is 5.56 Å². The van der Waals surface area contributed by atoms with Gasteiger partial charge in [0.15, 0.2) is 0 Å². The molecule has 100 valence electrons. The smallest absolute Gasteiger partial charge is 0.408 e. The highest BCUT2D eigenvalue weighted by Crippen LogP contribution is 2.21. The SMILES string of the molecule is C[C@H](NC(=O)OC(C)(C)C)c1ccc(F)c(Br)c1. The lowest BCUT2D eigenvalue weighted by Gasteiger charge is -2.22. The summed E-state index contributed by atoms with van der Waals surface area (Å²) in [5.41, 5.74) is 0.266. The number of carbonyl (C=O) groups is 1. The molecule has 0 fully saturated rings. The van der Waals surface area contributed by atoms with Gasteiger partial charge in [0.1, 0.15) is 11.4 Å². The van der Waals surface area contributed by atoms with Crippen LogP contribution in [-0.2, 0) is 4.74 Å². The zero-order valence-corrected chi connectivity index (χ0v) is 12.5. The number of amides is 1. The van der Waals surface area contributed by atoms with E-state index in [4.69, 9.17) is 4.74 Å². The first-order valence-corrected chi connectivity index (χ1v) is 6.43. The first-order chi connectivity index (χ1) is 8.19. The average molecular weight is 318 g/mol. The molecule has 1 atom stereocenters. The fourth-order valence-corrected chi connectivity index (χ4v) is 1.75. The largest absolute Gasteiger partial charge is 0.444 e. The van der Waals surface area contributed by atoms with Crippen molar-refractivity contribution in [3.63, 3.8) is 0 Å². The molecule has 0 bridgehead atoms. The molecule has 5 heteroatoms. The van der Waals surface area contributed by atoms with E-state index < -0.39 is 11.7 Å². The number of hydrogen-bond donors (Lipinski definition) is 1. The molecular weight excluding hydrogens is 301 g/mol. The zero-order chi connectivity index (χ0) is 13.9. The van der Waals surface area contributed by atoms with E-state index in [1.807, 2.05) is 6.92 Å². The molecule has 1 aromatic carbocycles. The van der Waals surface area contributed by atoms with E-state index in [0.29, 0.717) is 4.47 Å². The Labute approximate surface area is 115 Å². The van der Waals surface area contributed by atoms with Crippen LogP contribution in [0.4, 0.5) is 9.18 Å².